The normalized spacial score (nSPS) is 18.5. The van der Waals surface area contributed by atoms with Gasteiger partial charge in [-0.2, -0.15) is 0 Å². The summed E-state index contributed by atoms with van der Waals surface area (Å²) in [5.74, 6) is 0.0967. The van der Waals surface area contributed by atoms with Gasteiger partial charge in [0.25, 0.3) is 0 Å². The number of nitrogens with zero attached hydrogens (tertiary/aromatic N) is 1. The van der Waals surface area contributed by atoms with E-state index in [0.717, 1.165) is 6.42 Å². The number of fused-ring (bicyclic) bond motifs is 2. The third-order valence-electron chi connectivity index (χ3n) is 26.3. The first-order valence-corrected chi connectivity index (χ1v) is 27.6. The number of aromatic nitrogens is 1. The molecule has 0 unspecified atom stereocenters. The molecular formula is C73H11N. The van der Waals surface area contributed by atoms with Gasteiger partial charge in [0.15, 0.2) is 0 Å². The lowest BCUT2D eigenvalue weighted by atomic mass is 9.62. The third-order valence-corrected chi connectivity index (χ3v) is 26.3. The van der Waals surface area contributed by atoms with Crippen molar-refractivity contribution in [3.05, 3.63) is 81.9 Å². The second kappa shape index (κ2) is 6.41. The Morgan fingerprint density at radius 1 is 0.230 bits per heavy atom. The minimum absolute atomic E-state index is 0.0967. The van der Waals surface area contributed by atoms with Crippen LogP contribution in [0.1, 0.15) is 39.3 Å². The minimum atomic E-state index is -0.502. The van der Waals surface area contributed by atoms with Gasteiger partial charge in [0.2, 0.25) is 0 Å². The first-order valence-electron chi connectivity index (χ1n) is 27.6. The molecule has 31 aromatic rings. The van der Waals surface area contributed by atoms with Crippen molar-refractivity contribution in [1.82, 2.24) is 4.57 Å². The number of rotatable bonds is 1. The molecule has 0 radical (unpaired) electrons. The monoisotopic (exact) mass is 901 g/mol. The van der Waals surface area contributed by atoms with Crippen LogP contribution in [0.5, 0.6) is 0 Å². The fourth-order valence-electron chi connectivity index (χ4n) is 25.9. The highest BCUT2D eigenvalue weighted by Gasteiger charge is 2.62. The van der Waals surface area contributed by atoms with Crippen molar-refractivity contribution in [2.24, 2.45) is 0 Å². The zero-order chi connectivity index (χ0) is 43.8. The average Bonchev–Trinajstić information content (AvgIpc) is 4.43. The predicted octanol–water partition coefficient (Wildman–Crippen LogP) is 19.6. The van der Waals surface area contributed by atoms with Gasteiger partial charge < -0.3 is 4.57 Å². The van der Waals surface area contributed by atoms with Gasteiger partial charge in [-0.3, -0.25) is 0 Å². The van der Waals surface area contributed by atoms with Crippen molar-refractivity contribution in [3.63, 3.8) is 0 Å². The highest BCUT2D eigenvalue weighted by atomic mass is 15.1. The maximum atomic E-state index is 3.25. The van der Waals surface area contributed by atoms with Crippen molar-refractivity contribution in [2.75, 3.05) is 0 Å². The summed E-state index contributed by atoms with van der Waals surface area (Å²) in [5, 5.41) is 89.1. The molecule has 308 valence electrons. The molecular weight excluding hydrogens is 891 g/mol. The van der Waals surface area contributed by atoms with Crippen LogP contribution >= 0.6 is 0 Å². The summed E-state index contributed by atoms with van der Waals surface area (Å²) in [6.07, 6.45) is 0.995. The summed E-state index contributed by atoms with van der Waals surface area (Å²) < 4.78 is 3.25. The lowest BCUT2D eigenvalue weighted by Crippen LogP contribution is -2.45. The highest BCUT2D eigenvalue weighted by Crippen LogP contribution is 2.82. The Bertz CT molecular complexity index is 7310. The van der Waals surface area contributed by atoms with Gasteiger partial charge in [0.1, 0.15) is 5.54 Å². The maximum absolute atomic E-state index is 3.25. The van der Waals surface area contributed by atoms with Gasteiger partial charge in [-0.1, -0.05) is 48.5 Å². The van der Waals surface area contributed by atoms with Crippen molar-refractivity contribution in [3.8, 4) is 0 Å². The van der Waals surface area contributed by atoms with Crippen molar-refractivity contribution < 1.29 is 0 Å². The average molecular weight is 902 g/mol. The van der Waals surface area contributed by atoms with E-state index in [-0.39, 0.29) is 5.92 Å². The molecule has 1 aromatic heterocycles. The molecule has 0 spiro atoms. The first-order chi connectivity index (χ1) is 36.9. The second-order valence-corrected chi connectivity index (χ2v) is 26.8. The molecule has 0 saturated heterocycles. The molecule has 35 rings (SSSR count). The summed E-state index contributed by atoms with van der Waals surface area (Å²) in [6.45, 7) is 0. The Morgan fingerprint density at radius 3 is 0.676 bits per heavy atom. The fourth-order valence-corrected chi connectivity index (χ4v) is 25.9. The molecule has 4 aliphatic rings. The van der Waals surface area contributed by atoms with E-state index in [9.17, 15) is 0 Å². The Kier molecular flexibility index (Phi) is 2.38. The van der Waals surface area contributed by atoms with E-state index >= 15 is 0 Å². The van der Waals surface area contributed by atoms with Crippen molar-refractivity contribution in [2.45, 2.75) is 17.9 Å². The van der Waals surface area contributed by atoms with Crippen LogP contribution in [-0.2, 0) is 12.0 Å². The first kappa shape index (κ1) is 27.5. The third kappa shape index (κ3) is 1.52. The van der Waals surface area contributed by atoms with Gasteiger partial charge >= 0.3 is 0 Å². The molecule has 1 heteroatoms. The fraction of sp³-hybridized carbons (Fsp3) is 0.0411. The van der Waals surface area contributed by atoms with E-state index in [2.05, 4.69) is 53.1 Å². The van der Waals surface area contributed by atoms with E-state index in [4.69, 9.17) is 0 Å². The zero-order valence-electron chi connectivity index (χ0n) is 37.9. The van der Waals surface area contributed by atoms with Crippen LogP contribution in [0.3, 0.4) is 0 Å². The van der Waals surface area contributed by atoms with Crippen LogP contribution < -0.4 is 0 Å². The number of hydrogen-bond donors (Lipinski definition) is 0. The van der Waals surface area contributed by atoms with Crippen LogP contribution in [0.15, 0.2) is 48.5 Å². The zero-order valence-corrected chi connectivity index (χ0v) is 37.9. The molecule has 0 saturated carbocycles. The summed E-state index contributed by atoms with van der Waals surface area (Å²) in [7, 11) is 0. The number of hydrogen-bond acceptors (Lipinski definition) is 0. The summed E-state index contributed by atoms with van der Waals surface area (Å²) in [6, 6.07) is 19.7. The highest BCUT2D eigenvalue weighted by molar-refractivity contribution is 6.83. The standard InChI is InChI=1S/C73H11N/c1-3-7-12-10(5-1)9-11-6-2-4-8-13(11)68(12)73-69-60-52-42-32-24-16-14-15-18-22-20(16)28-36(32)46(52)54-48-38(28)30(22)40-34-26(18)27-19(15)23-21-17(14)25(24)33-37-29(21)39-31(23)41-35(27)45-44(34)58-50(40)56(48)64(62(54)69)71-66(58)67-59(45)51(41)57-49(39)55-47(37)53(43(33)42)61(60)70(73)63(55)65(57)72(67)74(71)73/h1-8,68H,9H2. The smallest absolute Gasteiger partial charge is 0.109 e. The van der Waals surface area contributed by atoms with Crippen LogP contribution in [-0.4, -0.2) is 4.57 Å². The second-order valence-electron chi connectivity index (χ2n) is 26.8. The van der Waals surface area contributed by atoms with E-state index in [1.165, 1.54) is 11.1 Å². The van der Waals surface area contributed by atoms with Gasteiger partial charge in [0, 0.05) is 195 Å². The summed E-state index contributed by atoms with van der Waals surface area (Å²) in [5.41, 5.74) is 12.3. The molecule has 0 atom stereocenters. The lowest BCUT2D eigenvalue weighted by molar-refractivity contribution is 0.411. The largest absolute Gasteiger partial charge is 0.324 e. The summed E-state index contributed by atoms with van der Waals surface area (Å²) in [4.78, 5) is 0. The van der Waals surface area contributed by atoms with Crippen LogP contribution in [0.4, 0.5) is 0 Å². The van der Waals surface area contributed by atoms with Crippen LogP contribution in [0.25, 0.3) is 302 Å². The molecule has 0 amide bonds. The molecule has 30 aromatic carbocycles. The molecule has 74 heavy (non-hydrogen) atoms. The summed E-state index contributed by atoms with van der Waals surface area (Å²) >= 11 is 0. The van der Waals surface area contributed by atoms with Gasteiger partial charge in [-0.15, -0.1) is 0 Å². The molecule has 2 aliphatic heterocycles. The molecule has 0 fully saturated rings. The van der Waals surface area contributed by atoms with Crippen LogP contribution in [0, 0.1) is 0 Å². The number of benzene rings is 20. The quantitative estimate of drug-likeness (QED) is 0.145. The Morgan fingerprint density at radius 2 is 0.419 bits per heavy atom. The van der Waals surface area contributed by atoms with Crippen molar-refractivity contribution in [1.29, 1.82) is 0 Å². The van der Waals surface area contributed by atoms with Gasteiger partial charge in [-0.25, -0.2) is 0 Å². The van der Waals surface area contributed by atoms with E-state index in [0.29, 0.717) is 0 Å². The predicted molar refractivity (Wildman–Crippen MR) is 313 cm³/mol. The van der Waals surface area contributed by atoms with E-state index in [1.54, 1.807) is 324 Å². The van der Waals surface area contributed by atoms with Crippen molar-refractivity contribution >= 4 is 302 Å². The van der Waals surface area contributed by atoms with Crippen LogP contribution in [0.2, 0.25) is 0 Å². The molecule has 0 bridgehead atoms. The molecule has 1 nitrogen and oxygen atoms in total. The maximum Gasteiger partial charge on any atom is 0.109 e. The molecule has 3 heterocycles. The Hall–Kier alpha value is -9.30. The lowest BCUT2D eigenvalue weighted by Gasteiger charge is -2.49. The Labute approximate surface area is 404 Å². The van der Waals surface area contributed by atoms with Gasteiger partial charge in [-0.05, 0) is 142 Å². The van der Waals surface area contributed by atoms with E-state index < -0.39 is 5.54 Å². The molecule has 2 aliphatic carbocycles. The topological polar surface area (TPSA) is 4.93 Å². The molecule has 0 N–H and O–H groups in total. The SMILES string of the molecule is c1ccc2c(c1)Cc1ccccc1C2C12c3c4c5c1c1c6c7c5c5c8c4c4c9c3c3c%10c9c9c%11c4c8c4c8c5c7c5c7c6c6c%12c%13c7c7c5c8c5c4c%11c4c9c8c9c%11c4c5c7c%11c%13c4c9c(c8%10)c5c(c4%12)c(c16)n2c35. The minimum Gasteiger partial charge on any atom is -0.324 e. The Balaban J connectivity index is 1.13. The van der Waals surface area contributed by atoms with E-state index in [1.807, 2.05) is 0 Å². The van der Waals surface area contributed by atoms with Gasteiger partial charge in [0.05, 0.1) is 11.0 Å².